The van der Waals surface area contributed by atoms with E-state index in [2.05, 4.69) is 5.32 Å². The van der Waals surface area contributed by atoms with Gasteiger partial charge in [0.25, 0.3) is 0 Å². The van der Waals surface area contributed by atoms with Crippen LogP contribution in [0.2, 0.25) is 0 Å². The first-order valence-electron chi connectivity index (χ1n) is 6.49. The largest absolute Gasteiger partial charge is 0.389 e. The molecule has 0 spiro atoms. The lowest BCUT2D eigenvalue weighted by Crippen LogP contribution is -2.33. The molecular weight excluding hydrogens is 254 g/mol. The second-order valence-electron chi connectivity index (χ2n) is 4.29. The first-order valence-corrected chi connectivity index (χ1v) is 7.98. The van der Waals surface area contributed by atoms with Crippen molar-refractivity contribution in [2.45, 2.75) is 33.0 Å². The highest BCUT2D eigenvalue weighted by Gasteiger charge is 2.04. The molecule has 0 bridgehead atoms. The Balaban J connectivity index is 3.27. The van der Waals surface area contributed by atoms with Crippen molar-refractivity contribution in [1.29, 1.82) is 0 Å². The standard InChI is InChI=1S/C12H27NO4S/c1-4-18(15)8-5-13-9-12(14)10-16-6-7-17-11(2)3/h11-14H,4-10H2,1-3H3. The zero-order chi connectivity index (χ0) is 13.8. The summed E-state index contributed by atoms with van der Waals surface area (Å²) >= 11 is 0. The number of nitrogens with one attached hydrogen (secondary N) is 1. The molecule has 2 atom stereocenters. The SMILES string of the molecule is CCS(=O)CCNCC(O)COCCOC(C)C. The van der Waals surface area contributed by atoms with Crippen molar-refractivity contribution in [3.05, 3.63) is 0 Å². The van der Waals surface area contributed by atoms with Crippen LogP contribution in [0.4, 0.5) is 0 Å². The summed E-state index contributed by atoms with van der Waals surface area (Å²) in [6.45, 7) is 8.31. The molecule has 0 aliphatic heterocycles. The van der Waals surface area contributed by atoms with E-state index < -0.39 is 16.9 Å². The van der Waals surface area contributed by atoms with Gasteiger partial charge in [-0.2, -0.15) is 0 Å². The molecule has 0 aliphatic carbocycles. The van der Waals surface area contributed by atoms with Gasteiger partial charge in [0.15, 0.2) is 0 Å². The maximum atomic E-state index is 11.1. The van der Waals surface area contributed by atoms with Gasteiger partial charge in [0.1, 0.15) is 0 Å². The third kappa shape index (κ3) is 12.4. The smallest absolute Gasteiger partial charge is 0.0897 e. The Hall–Kier alpha value is -0.0100. The van der Waals surface area contributed by atoms with Crippen molar-refractivity contribution >= 4 is 10.8 Å². The summed E-state index contributed by atoms with van der Waals surface area (Å²) in [6.07, 6.45) is -0.321. The van der Waals surface area contributed by atoms with Crippen LogP contribution >= 0.6 is 0 Å². The van der Waals surface area contributed by atoms with Crippen LogP contribution in [0.5, 0.6) is 0 Å². The first kappa shape index (κ1) is 18.0. The Kier molecular flexibility index (Phi) is 12.0. The number of aliphatic hydroxyl groups excluding tert-OH is 1. The zero-order valence-electron chi connectivity index (χ0n) is 11.7. The van der Waals surface area contributed by atoms with Gasteiger partial charge in [0.05, 0.1) is 32.0 Å². The van der Waals surface area contributed by atoms with E-state index in [1.807, 2.05) is 20.8 Å². The lowest BCUT2D eigenvalue weighted by molar-refractivity contribution is -0.00983. The molecule has 18 heavy (non-hydrogen) atoms. The molecule has 0 amide bonds. The van der Waals surface area contributed by atoms with Gasteiger partial charge in [0.2, 0.25) is 0 Å². The summed E-state index contributed by atoms with van der Waals surface area (Å²) in [5.41, 5.74) is 0. The van der Waals surface area contributed by atoms with Crippen LogP contribution in [0.25, 0.3) is 0 Å². The molecule has 0 radical (unpaired) electrons. The molecule has 0 aromatic carbocycles. The molecule has 5 nitrogen and oxygen atoms in total. The van der Waals surface area contributed by atoms with Crippen LogP contribution in [0, 0.1) is 0 Å². The Morgan fingerprint density at radius 3 is 2.67 bits per heavy atom. The summed E-state index contributed by atoms with van der Waals surface area (Å²) < 4.78 is 21.7. The first-order chi connectivity index (χ1) is 8.56. The van der Waals surface area contributed by atoms with Crippen LogP contribution in [0.15, 0.2) is 0 Å². The second kappa shape index (κ2) is 12.0. The monoisotopic (exact) mass is 281 g/mol. The predicted molar refractivity (Wildman–Crippen MR) is 74.3 cm³/mol. The Bertz CT molecular complexity index is 214. The second-order valence-corrected chi connectivity index (χ2v) is 6.15. The summed E-state index contributed by atoms with van der Waals surface area (Å²) in [6, 6.07) is 0. The molecule has 110 valence electrons. The molecule has 0 fully saturated rings. The summed E-state index contributed by atoms with van der Waals surface area (Å²) in [4.78, 5) is 0. The molecule has 6 heteroatoms. The minimum Gasteiger partial charge on any atom is -0.389 e. The average molecular weight is 281 g/mol. The number of hydrogen-bond donors (Lipinski definition) is 2. The Labute approximate surface area is 113 Å². The fourth-order valence-electron chi connectivity index (χ4n) is 1.22. The van der Waals surface area contributed by atoms with E-state index >= 15 is 0 Å². The topological polar surface area (TPSA) is 67.8 Å². The van der Waals surface area contributed by atoms with Crippen LogP contribution in [0.1, 0.15) is 20.8 Å². The van der Waals surface area contributed by atoms with Gasteiger partial charge in [0, 0.05) is 35.4 Å². The van der Waals surface area contributed by atoms with Gasteiger partial charge in [-0.25, -0.2) is 0 Å². The van der Waals surface area contributed by atoms with Crippen molar-refractivity contribution in [3.8, 4) is 0 Å². The summed E-state index contributed by atoms with van der Waals surface area (Å²) in [5, 5.41) is 12.6. The van der Waals surface area contributed by atoms with Crippen LogP contribution in [-0.4, -0.2) is 65.9 Å². The van der Waals surface area contributed by atoms with Crippen molar-refractivity contribution in [3.63, 3.8) is 0 Å². The van der Waals surface area contributed by atoms with Crippen LogP contribution in [-0.2, 0) is 20.3 Å². The third-order valence-electron chi connectivity index (χ3n) is 2.20. The molecule has 2 unspecified atom stereocenters. The van der Waals surface area contributed by atoms with Crippen molar-refractivity contribution in [2.24, 2.45) is 0 Å². The van der Waals surface area contributed by atoms with E-state index in [9.17, 15) is 9.32 Å². The van der Waals surface area contributed by atoms with E-state index in [-0.39, 0.29) is 6.10 Å². The molecule has 0 aliphatic rings. The van der Waals surface area contributed by atoms with Gasteiger partial charge < -0.3 is 19.9 Å². The maximum absolute atomic E-state index is 11.1. The Morgan fingerprint density at radius 1 is 1.33 bits per heavy atom. The molecule has 0 heterocycles. The van der Waals surface area contributed by atoms with E-state index in [0.29, 0.717) is 44.4 Å². The van der Waals surface area contributed by atoms with Crippen molar-refractivity contribution in [2.75, 3.05) is 44.4 Å². The number of ether oxygens (including phenoxy) is 2. The predicted octanol–water partition coefficient (Wildman–Crippen LogP) is 0.147. The molecule has 0 saturated heterocycles. The molecule has 0 rings (SSSR count). The Morgan fingerprint density at radius 2 is 2.06 bits per heavy atom. The van der Waals surface area contributed by atoms with Gasteiger partial charge in [-0.15, -0.1) is 0 Å². The maximum Gasteiger partial charge on any atom is 0.0897 e. The average Bonchev–Trinajstić information content (AvgIpc) is 2.33. The van der Waals surface area contributed by atoms with E-state index in [1.165, 1.54) is 0 Å². The summed E-state index contributed by atoms with van der Waals surface area (Å²) in [7, 11) is -0.746. The lowest BCUT2D eigenvalue weighted by Gasteiger charge is -2.13. The highest BCUT2D eigenvalue weighted by Crippen LogP contribution is 1.89. The lowest BCUT2D eigenvalue weighted by atomic mass is 10.4. The molecular formula is C12H27NO4S. The highest BCUT2D eigenvalue weighted by molar-refractivity contribution is 7.84. The van der Waals surface area contributed by atoms with Gasteiger partial charge in [-0.05, 0) is 13.8 Å². The highest BCUT2D eigenvalue weighted by atomic mass is 32.2. The zero-order valence-corrected chi connectivity index (χ0v) is 12.5. The van der Waals surface area contributed by atoms with Crippen molar-refractivity contribution in [1.82, 2.24) is 5.32 Å². The molecule has 2 N–H and O–H groups in total. The normalized spacial score (nSPS) is 14.9. The van der Waals surface area contributed by atoms with Crippen LogP contribution in [0.3, 0.4) is 0 Å². The summed E-state index contributed by atoms with van der Waals surface area (Å²) in [5.74, 6) is 1.31. The van der Waals surface area contributed by atoms with E-state index in [1.54, 1.807) is 0 Å². The fourth-order valence-corrected chi connectivity index (χ4v) is 1.88. The van der Waals surface area contributed by atoms with Gasteiger partial charge in [-0.3, -0.25) is 4.21 Å². The number of rotatable bonds is 12. The van der Waals surface area contributed by atoms with E-state index in [4.69, 9.17) is 9.47 Å². The van der Waals surface area contributed by atoms with Crippen LogP contribution < -0.4 is 5.32 Å². The van der Waals surface area contributed by atoms with Gasteiger partial charge in [-0.1, -0.05) is 6.92 Å². The third-order valence-corrected chi connectivity index (χ3v) is 3.50. The molecule has 0 aromatic heterocycles. The quantitative estimate of drug-likeness (QED) is 0.498. The number of aliphatic hydroxyl groups is 1. The minimum absolute atomic E-state index is 0.208. The molecule has 0 saturated carbocycles. The van der Waals surface area contributed by atoms with Gasteiger partial charge >= 0.3 is 0 Å². The van der Waals surface area contributed by atoms with E-state index in [0.717, 1.165) is 0 Å². The molecule has 0 aromatic rings. The fraction of sp³-hybridized carbons (Fsp3) is 1.00. The minimum atomic E-state index is -0.746. The van der Waals surface area contributed by atoms with Crippen molar-refractivity contribution < 1.29 is 18.8 Å². The number of hydrogen-bond acceptors (Lipinski definition) is 5.